The summed E-state index contributed by atoms with van der Waals surface area (Å²) in [7, 11) is 0. The number of thiophene rings is 1. The van der Waals surface area contributed by atoms with Gasteiger partial charge >= 0.3 is 0 Å². The molecule has 2 N–H and O–H groups in total. The minimum atomic E-state index is -0.155. The molecule has 1 unspecified atom stereocenters. The Morgan fingerprint density at radius 3 is 2.48 bits per heavy atom. The van der Waals surface area contributed by atoms with E-state index in [1.165, 1.54) is 10.1 Å². The van der Waals surface area contributed by atoms with Crippen molar-refractivity contribution in [2.24, 2.45) is 5.73 Å². The quantitative estimate of drug-likeness (QED) is 0.755. The highest BCUT2D eigenvalue weighted by atomic mass is 32.1. The van der Waals surface area contributed by atoms with E-state index >= 15 is 0 Å². The Bertz CT molecular complexity index is 715. The number of benzene rings is 2. The molecular weight excluding hydrogens is 278 g/mol. The van der Waals surface area contributed by atoms with Crippen LogP contribution in [0.2, 0.25) is 0 Å². The fraction of sp³-hybridized carbons (Fsp3) is 0.222. The summed E-state index contributed by atoms with van der Waals surface area (Å²) in [5, 5.41) is 1.25. The molecule has 2 nitrogen and oxygen atoms in total. The van der Waals surface area contributed by atoms with Crippen LogP contribution in [0.1, 0.15) is 30.3 Å². The molecule has 1 atom stereocenters. The van der Waals surface area contributed by atoms with Crippen LogP contribution >= 0.6 is 11.3 Å². The van der Waals surface area contributed by atoms with Crippen molar-refractivity contribution in [1.82, 2.24) is 0 Å². The van der Waals surface area contributed by atoms with E-state index in [4.69, 9.17) is 10.5 Å². The first kappa shape index (κ1) is 14.1. The number of hydrogen-bond acceptors (Lipinski definition) is 3. The Morgan fingerprint density at radius 1 is 1.00 bits per heavy atom. The Kier molecular flexibility index (Phi) is 3.95. The highest BCUT2D eigenvalue weighted by Gasteiger charge is 2.17. The number of hydrogen-bond donors (Lipinski definition) is 1. The van der Waals surface area contributed by atoms with Gasteiger partial charge in [0.15, 0.2) is 0 Å². The highest BCUT2D eigenvalue weighted by Crippen LogP contribution is 2.35. The first-order chi connectivity index (χ1) is 10.1. The molecule has 0 saturated carbocycles. The van der Waals surface area contributed by atoms with E-state index in [2.05, 4.69) is 30.3 Å². The van der Waals surface area contributed by atoms with Gasteiger partial charge < -0.3 is 10.5 Å². The third-order valence-corrected chi connectivity index (χ3v) is 4.57. The molecule has 108 valence electrons. The lowest BCUT2D eigenvalue weighted by atomic mass is 10.0. The van der Waals surface area contributed by atoms with Gasteiger partial charge in [0.1, 0.15) is 5.75 Å². The smallest absolute Gasteiger partial charge is 0.124 e. The van der Waals surface area contributed by atoms with Crippen LogP contribution in [0.5, 0.6) is 5.75 Å². The molecule has 0 spiro atoms. The largest absolute Gasteiger partial charge is 0.491 e. The lowest BCUT2D eigenvalue weighted by Crippen LogP contribution is -2.14. The summed E-state index contributed by atoms with van der Waals surface area (Å²) in [5.41, 5.74) is 7.53. The van der Waals surface area contributed by atoms with Gasteiger partial charge in [0.05, 0.1) is 12.1 Å². The number of ether oxygens (including phenoxy) is 1. The van der Waals surface area contributed by atoms with E-state index in [0.717, 1.165) is 16.2 Å². The first-order valence-electron chi connectivity index (χ1n) is 7.15. The molecule has 0 bridgehead atoms. The number of rotatable bonds is 4. The molecule has 0 fully saturated rings. The second-order valence-electron chi connectivity index (χ2n) is 5.37. The third-order valence-electron chi connectivity index (χ3n) is 3.37. The minimum Gasteiger partial charge on any atom is -0.491 e. The van der Waals surface area contributed by atoms with Gasteiger partial charge in [0.25, 0.3) is 0 Å². The zero-order valence-corrected chi connectivity index (χ0v) is 13.1. The molecule has 0 amide bonds. The van der Waals surface area contributed by atoms with Gasteiger partial charge in [0, 0.05) is 15.1 Å². The lowest BCUT2D eigenvalue weighted by molar-refractivity contribution is 0.239. The van der Waals surface area contributed by atoms with Gasteiger partial charge in [0.2, 0.25) is 0 Å². The van der Waals surface area contributed by atoms with Crippen molar-refractivity contribution in [2.75, 3.05) is 0 Å². The van der Waals surface area contributed by atoms with E-state index < -0.39 is 0 Å². The molecule has 2 aromatic carbocycles. The Balaban J connectivity index is 1.99. The summed E-state index contributed by atoms with van der Waals surface area (Å²) in [5.74, 6) is 0.873. The van der Waals surface area contributed by atoms with Crippen LogP contribution in [0.3, 0.4) is 0 Å². The molecule has 1 aromatic heterocycles. The molecule has 3 aromatic rings. The summed E-state index contributed by atoms with van der Waals surface area (Å²) in [4.78, 5) is 1.16. The zero-order valence-electron chi connectivity index (χ0n) is 12.2. The maximum absolute atomic E-state index is 6.49. The van der Waals surface area contributed by atoms with Crippen LogP contribution in [0.25, 0.3) is 10.1 Å². The SMILES string of the molecule is CC(C)Oc1ccccc1C(N)c1cc2ccccc2s1. The van der Waals surface area contributed by atoms with E-state index in [-0.39, 0.29) is 12.1 Å². The van der Waals surface area contributed by atoms with Crippen LogP contribution in [-0.4, -0.2) is 6.10 Å². The molecule has 0 radical (unpaired) electrons. The van der Waals surface area contributed by atoms with E-state index in [0.29, 0.717) is 0 Å². The molecule has 0 aliphatic rings. The monoisotopic (exact) mass is 297 g/mol. The van der Waals surface area contributed by atoms with Crippen molar-refractivity contribution in [3.8, 4) is 5.75 Å². The van der Waals surface area contributed by atoms with Crippen LogP contribution in [-0.2, 0) is 0 Å². The van der Waals surface area contributed by atoms with Crippen LogP contribution < -0.4 is 10.5 Å². The number of nitrogens with two attached hydrogens (primary N) is 1. The fourth-order valence-electron chi connectivity index (χ4n) is 2.41. The summed E-state index contributed by atoms with van der Waals surface area (Å²) in [6.45, 7) is 4.06. The van der Waals surface area contributed by atoms with Crippen molar-refractivity contribution in [3.05, 3.63) is 65.0 Å². The minimum absolute atomic E-state index is 0.140. The van der Waals surface area contributed by atoms with Crippen LogP contribution in [0, 0.1) is 0 Å². The molecule has 21 heavy (non-hydrogen) atoms. The van der Waals surface area contributed by atoms with E-state index in [9.17, 15) is 0 Å². The van der Waals surface area contributed by atoms with Crippen LogP contribution in [0.4, 0.5) is 0 Å². The molecule has 0 aliphatic carbocycles. The van der Waals surface area contributed by atoms with Crippen molar-refractivity contribution in [2.45, 2.75) is 26.0 Å². The zero-order chi connectivity index (χ0) is 14.8. The summed E-state index contributed by atoms with van der Waals surface area (Å²) in [6, 6.07) is 18.4. The number of para-hydroxylation sites is 1. The van der Waals surface area contributed by atoms with Gasteiger partial charge in [-0.3, -0.25) is 0 Å². The molecular formula is C18H19NOS. The molecule has 0 aliphatic heterocycles. The molecule has 1 heterocycles. The van der Waals surface area contributed by atoms with Crippen LogP contribution in [0.15, 0.2) is 54.6 Å². The van der Waals surface area contributed by atoms with Gasteiger partial charge in [-0.15, -0.1) is 11.3 Å². The number of fused-ring (bicyclic) bond motifs is 1. The second kappa shape index (κ2) is 5.88. The molecule has 0 saturated heterocycles. The maximum Gasteiger partial charge on any atom is 0.124 e. The lowest BCUT2D eigenvalue weighted by Gasteiger charge is -2.17. The van der Waals surface area contributed by atoms with Gasteiger partial charge in [-0.25, -0.2) is 0 Å². The van der Waals surface area contributed by atoms with Gasteiger partial charge in [-0.1, -0.05) is 36.4 Å². The van der Waals surface area contributed by atoms with Crippen molar-refractivity contribution in [1.29, 1.82) is 0 Å². The predicted molar refractivity (Wildman–Crippen MR) is 90.1 cm³/mol. The standard InChI is InChI=1S/C18H19NOS/c1-12(2)20-15-9-5-4-8-14(15)18(19)17-11-13-7-3-6-10-16(13)21-17/h3-12,18H,19H2,1-2H3. The van der Waals surface area contributed by atoms with Gasteiger partial charge in [-0.2, -0.15) is 0 Å². The summed E-state index contributed by atoms with van der Waals surface area (Å²) >= 11 is 1.75. The Hall–Kier alpha value is -1.84. The van der Waals surface area contributed by atoms with Gasteiger partial charge in [-0.05, 0) is 37.4 Å². The van der Waals surface area contributed by atoms with E-state index in [1.807, 2.05) is 38.1 Å². The summed E-state index contributed by atoms with van der Waals surface area (Å²) in [6.07, 6.45) is 0.140. The first-order valence-corrected chi connectivity index (χ1v) is 7.96. The average Bonchev–Trinajstić information content (AvgIpc) is 2.90. The Morgan fingerprint density at radius 2 is 1.71 bits per heavy atom. The van der Waals surface area contributed by atoms with E-state index in [1.54, 1.807) is 11.3 Å². The third kappa shape index (κ3) is 2.94. The van der Waals surface area contributed by atoms with Crippen molar-refractivity contribution >= 4 is 21.4 Å². The molecule has 3 rings (SSSR count). The predicted octanol–water partition coefficient (Wildman–Crippen LogP) is 4.74. The van der Waals surface area contributed by atoms with Crippen molar-refractivity contribution in [3.63, 3.8) is 0 Å². The normalized spacial score (nSPS) is 12.8. The topological polar surface area (TPSA) is 35.2 Å². The average molecular weight is 297 g/mol. The van der Waals surface area contributed by atoms with Crippen molar-refractivity contribution < 1.29 is 4.74 Å². The molecule has 3 heteroatoms. The highest BCUT2D eigenvalue weighted by molar-refractivity contribution is 7.19. The second-order valence-corrected chi connectivity index (χ2v) is 6.48. The maximum atomic E-state index is 6.49. The fourth-order valence-corrected chi connectivity index (χ4v) is 3.49. The Labute approximate surface area is 129 Å². The summed E-state index contributed by atoms with van der Waals surface area (Å²) < 4.78 is 7.16.